The molecule has 3 N–H and O–H groups in total. The number of benzene rings is 1. The monoisotopic (exact) mass is 435 g/mol. The highest BCUT2D eigenvalue weighted by Crippen LogP contribution is 2.38. The third kappa shape index (κ3) is 4.49. The molecule has 3 aromatic rings. The van der Waals surface area contributed by atoms with Gasteiger partial charge in [-0.05, 0) is 62.9 Å². The highest BCUT2D eigenvalue weighted by atomic mass is 16.3. The van der Waals surface area contributed by atoms with E-state index in [0.717, 1.165) is 49.2 Å². The summed E-state index contributed by atoms with van der Waals surface area (Å²) in [5, 5.41) is 15.4. The molecule has 4 rings (SSSR count). The van der Waals surface area contributed by atoms with Gasteiger partial charge in [-0.25, -0.2) is 0 Å². The zero-order valence-electron chi connectivity index (χ0n) is 19.8. The Hall–Kier alpha value is -2.53. The quantitative estimate of drug-likeness (QED) is 0.390. The first-order valence-corrected chi connectivity index (χ1v) is 12.3. The first kappa shape index (κ1) is 22.7. The fourth-order valence-electron chi connectivity index (χ4n) is 5.01. The van der Waals surface area contributed by atoms with Gasteiger partial charge in [-0.15, -0.1) is 0 Å². The lowest BCUT2D eigenvalue weighted by atomic mass is 9.98. The summed E-state index contributed by atoms with van der Waals surface area (Å²) < 4.78 is 2.28. The summed E-state index contributed by atoms with van der Waals surface area (Å²) in [6.07, 6.45) is 10.6. The average molecular weight is 436 g/mol. The Morgan fingerprint density at radius 1 is 1.09 bits per heavy atom. The minimum Gasteiger partial charge on any atom is -0.507 e. The van der Waals surface area contributed by atoms with E-state index in [9.17, 15) is 9.90 Å². The summed E-state index contributed by atoms with van der Waals surface area (Å²) in [6.45, 7) is 5.85. The number of pyridine rings is 1. The first-order valence-electron chi connectivity index (χ1n) is 12.3. The van der Waals surface area contributed by atoms with E-state index in [0.29, 0.717) is 5.56 Å². The van der Waals surface area contributed by atoms with Crippen molar-refractivity contribution in [3.8, 4) is 17.0 Å². The number of aromatic amines is 1. The standard InChI is InChI=1S/C27H37N3O2/c1-4-5-6-7-8-9-13-28-17-21-14-20-15-23-19(16-24(20)30(21)3)11-10-12-22-25(23)29-27(32)18(2)26(22)31/h14-16,28H,4-13,17H2,1-3H3,(H2,29,31,32). The minimum absolute atomic E-state index is 0.157. The van der Waals surface area contributed by atoms with E-state index in [1.807, 2.05) is 0 Å². The van der Waals surface area contributed by atoms with E-state index in [1.165, 1.54) is 60.7 Å². The maximum Gasteiger partial charge on any atom is 0.255 e. The van der Waals surface area contributed by atoms with Gasteiger partial charge in [0.1, 0.15) is 5.75 Å². The number of aromatic nitrogens is 2. The molecular formula is C27H37N3O2. The number of fused-ring (bicyclic) bond motifs is 4. The molecule has 5 heteroatoms. The van der Waals surface area contributed by atoms with Gasteiger partial charge in [0, 0.05) is 41.3 Å². The molecule has 0 atom stereocenters. The molecule has 0 unspecified atom stereocenters. The molecule has 1 aliphatic carbocycles. The molecule has 32 heavy (non-hydrogen) atoms. The Morgan fingerprint density at radius 2 is 1.88 bits per heavy atom. The molecule has 0 amide bonds. The molecule has 2 heterocycles. The summed E-state index contributed by atoms with van der Waals surface area (Å²) in [4.78, 5) is 15.4. The van der Waals surface area contributed by atoms with Crippen molar-refractivity contribution in [3.63, 3.8) is 0 Å². The van der Waals surface area contributed by atoms with Crippen LogP contribution in [0.1, 0.15) is 74.3 Å². The van der Waals surface area contributed by atoms with Crippen molar-refractivity contribution in [3.05, 3.63) is 50.9 Å². The number of nitrogens with zero attached hydrogens (tertiary/aromatic N) is 1. The van der Waals surface area contributed by atoms with Crippen LogP contribution < -0.4 is 10.9 Å². The molecule has 172 valence electrons. The third-order valence-corrected chi connectivity index (χ3v) is 7.04. The van der Waals surface area contributed by atoms with Crippen LogP contribution in [0.3, 0.4) is 0 Å². The largest absolute Gasteiger partial charge is 0.507 e. The summed E-state index contributed by atoms with van der Waals surface area (Å²) in [6, 6.07) is 6.71. The molecule has 1 aliphatic rings. The summed E-state index contributed by atoms with van der Waals surface area (Å²) in [7, 11) is 2.14. The van der Waals surface area contributed by atoms with Gasteiger partial charge in [-0.2, -0.15) is 0 Å². The van der Waals surface area contributed by atoms with Crippen molar-refractivity contribution >= 4 is 10.9 Å². The van der Waals surface area contributed by atoms with Gasteiger partial charge in [0.25, 0.3) is 5.56 Å². The van der Waals surface area contributed by atoms with Crippen LogP contribution in [0.15, 0.2) is 23.0 Å². The van der Waals surface area contributed by atoms with Crippen molar-refractivity contribution < 1.29 is 5.11 Å². The second-order valence-electron chi connectivity index (χ2n) is 9.34. The molecule has 5 nitrogen and oxygen atoms in total. The molecular weight excluding hydrogens is 398 g/mol. The molecule has 0 saturated carbocycles. The fourth-order valence-corrected chi connectivity index (χ4v) is 5.01. The Labute approximate surface area is 190 Å². The number of unbranched alkanes of at least 4 members (excludes halogenated alkanes) is 5. The Balaban J connectivity index is 1.55. The van der Waals surface area contributed by atoms with Gasteiger partial charge in [-0.3, -0.25) is 4.79 Å². The first-order chi connectivity index (χ1) is 15.5. The van der Waals surface area contributed by atoms with E-state index in [2.05, 4.69) is 47.0 Å². The van der Waals surface area contributed by atoms with Crippen LogP contribution in [-0.4, -0.2) is 21.2 Å². The van der Waals surface area contributed by atoms with E-state index < -0.39 is 0 Å². The summed E-state index contributed by atoms with van der Waals surface area (Å²) >= 11 is 0. The number of H-pyrrole nitrogens is 1. The SMILES string of the molecule is CCCCCCCCNCc1cc2cc3c(cc2n1C)CCCc1c-3[nH]c(=O)c(C)c1O. The highest BCUT2D eigenvalue weighted by molar-refractivity contribution is 5.89. The van der Waals surface area contributed by atoms with Crippen LogP contribution in [0.2, 0.25) is 0 Å². The second-order valence-corrected chi connectivity index (χ2v) is 9.34. The molecule has 0 radical (unpaired) electrons. The lowest BCUT2D eigenvalue weighted by Crippen LogP contribution is -2.16. The highest BCUT2D eigenvalue weighted by Gasteiger charge is 2.22. The second kappa shape index (κ2) is 9.95. The van der Waals surface area contributed by atoms with Crippen LogP contribution in [0.5, 0.6) is 5.75 Å². The Kier molecular flexibility index (Phi) is 7.04. The van der Waals surface area contributed by atoms with E-state index in [4.69, 9.17) is 0 Å². The van der Waals surface area contributed by atoms with Gasteiger partial charge in [0.05, 0.1) is 11.3 Å². The maximum absolute atomic E-state index is 12.4. The average Bonchev–Trinajstić information content (AvgIpc) is 2.97. The zero-order valence-corrected chi connectivity index (χ0v) is 19.8. The topological polar surface area (TPSA) is 70.0 Å². The van der Waals surface area contributed by atoms with E-state index in [-0.39, 0.29) is 11.3 Å². The molecule has 0 aliphatic heterocycles. The zero-order chi connectivity index (χ0) is 22.7. The van der Waals surface area contributed by atoms with Gasteiger partial charge in [0.15, 0.2) is 0 Å². The van der Waals surface area contributed by atoms with Crippen molar-refractivity contribution in [2.75, 3.05) is 6.54 Å². The van der Waals surface area contributed by atoms with Crippen LogP contribution in [0.4, 0.5) is 0 Å². The normalized spacial score (nSPS) is 13.2. The predicted molar refractivity (Wildman–Crippen MR) is 132 cm³/mol. The van der Waals surface area contributed by atoms with Crippen LogP contribution in [-0.2, 0) is 26.4 Å². The van der Waals surface area contributed by atoms with Crippen LogP contribution in [0, 0.1) is 6.92 Å². The number of rotatable bonds is 9. The van der Waals surface area contributed by atoms with Crippen molar-refractivity contribution in [1.82, 2.24) is 14.9 Å². The number of nitrogens with one attached hydrogen (secondary N) is 2. The number of aromatic hydroxyl groups is 1. The molecule has 2 aromatic heterocycles. The summed E-state index contributed by atoms with van der Waals surface area (Å²) in [5.41, 5.74) is 6.65. The lowest BCUT2D eigenvalue weighted by Gasteiger charge is -2.13. The molecule has 1 aromatic carbocycles. The fraction of sp³-hybridized carbons (Fsp3) is 0.519. The lowest BCUT2D eigenvalue weighted by molar-refractivity contribution is 0.461. The maximum atomic E-state index is 12.4. The van der Waals surface area contributed by atoms with Crippen molar-refractivity contribution in [2.24, 2.45) is 7.05 Å². The molecule has 0 spiro atoms. The molecule has 0 bridgehead atoms. The number of aryl methyl sites for hydroxylation is 2. The number of hydrogen-bond acceptors (Lipinski definition) is 3. The minimum atomic E-state index is -0.207. The van der Waals surface area contributed by atoms with Gasteiger partial charge >= 0.3 is 0 Å². The van der Waals surface area contributed by atoms with Crippen molar-refractivity contribution in [1.29, 1.82) is 0 Å². The van der Waals surface area contributed by atoms with E-state index >= 15 is 0 Å². The van der Waals surface area contributed by atoms with Crippen molar-refractivity contribution in [2.45, 2.75) is 78.2 Å². The van der Waals surface area contributed by atoms with Gasteiger partial charge in [-0.1, -0.05) is 39.0 Å². The van der Waals surface area contributed by atoms with Crippen LogP contribution >= 0.6 is 0 Å². The van der Waals surface area contributed by atoms with Crippen LogP contribution in [0.25, 0.3) is 22.2 Å². The third-order valence-electron chi connectivity index (χ3n) is 7.04. The van der Waals surface area contributed by atoms with Gasteiger partial charge < -0.3 is 20.0 Å². The number of hydrogen-bond donors (Lipinski definition) is 3. The van der Waals surface area contributed by atoms with E-state index in [1.54, 1.807) is 6.92 Å². The Morgan fingerprint density at radius 3 is 2.69 bits per heavy atom. The summed E-state index contributed by atoms with van der Waals surface area (Å²) in [5.74, 6) is 0.157. The van der Waals surface area contributed by atoms with Gasteiger partial charge in [0.2, 0.25) is 0 Å². The predicted octanol–water partition coefficient (Wildman–Crippen LogP) is 5.49. The smallest absolute Gasteiger partial charge is 0.255 e. The molecule has 0 saturated heterocycles. The molecule has 0 fully saturated rings. The Bertz CT molecular complexity index is 1160.